The minimum atomic E-state index is 0.702. The molecule has 0 amide bonds. The molecule has 0 N–H and O–H groups in total. The van der Waals surface area contributed by atoms with Crippen molar-refractivity contribution in [2.45, 2.75) is 33.6 Å². The van der Waals surface area contributed by atoms with Crippen LogP contribution in [0.1, 0.15) is 36.4 Å². The highest BCUT2D eigenvalue weighted by Gasteiger charge is 2.11. The van der Waals surface area contributed by atoms with Gasteiger partial charge in [-0.1, -0.05) is 31.6 Å². The normalized spacial score (nSPS) is 16.5. The fourth-order valence-corrected chi connectivity index (χ4v) is 2.87. The lowest BCUT2D eigenvalue weighted by molar-refractivity contribution is 0.713. The molecule has 0 aliphatic heterocycles. The molecule has 2 rings (SSSR count). The first kappa shape index (κ1) is 10.7. The van der Waals surface area contributed by atoms with E-state index in [0.29, 0.717) is 5.92 Å². The summed E-state index contributed by atoms with van der Waals surface area (Å²) in [5.74, 6) is 0.702. The molecular weight excluding hydrogens is 200 g/mol. The summed E-state index contributed by atoms with van der Waals surface area (Å²) in [6.07, 6.45) is 7.08. The summed E-state index contributed by atoms with van der Waals surface area (Å²) >= 11 is 1.91. The largest absolute Gasteiger partial charge is 0.141 e. The summed E-state index contributed by atoms with van der Waals surface area (Å²) < 4.78 is 0. The van der Waals surface area contributed by atoms with Crippen LogP contribution in [0.4, 0.5) is 0 Å². The molecule has 1 aliphatic carbocycles. The zero-order valence-corrected chi connectivity index (χ0v) is 10.5. The Labute approximate surface area is 96.3 Å². The fourth-order valence-electron chi connectivity index (χ4n) is 1.95. The van der Waals surface area contributed by atoms with Gasteiger partial charge in [-0.15, -0.1) is 11.3 Å². The molecule has 15 heavy (non-hydrogen) atoms. The number of rotatable bonds is 2. The van der Waals surface area contributed by atoms with Gasteiger partial charge in [-0.25, -0.2) is 0 Å². The summed E-state index contributed by atoms with van der Waals surface area (Å²) in [4.78, 5) is 2.86. The Bertz CT molecular complexity index is 405. The first-order chi connectivity index (χ1) is 7.16. The number of hydrogen-bond donors (Lipinski definition) is 0. The van der Waals surface area contributed by atoms with Gasteiger partial charge in [0.05, 0.1) is 0 Å². The Hall–Kier alpha value is -0.820. The average molecular weight is 218 g/mol. The molecule has 0 unspecified atom stereocenters. The van der Waals surface area contributed by atoms with Crippen LogP contribution < -0.4 is 0 Å². The van der Waals surface area contributed by atoms with Crippen molar-refractivity contribution in [3.05, 3.63) is 39.6 Å². The first-order valence-corrected chi connectivity index (χ1v) is 6.45. The topological polar surface area (TPSA) is 0 Å². The van der Waals surface area contributed by atoms with Crippen LogP contribution >= 0.6 is 11.3 Å². The lowest BCUT2D eigenvalue weighted by Crippen LogP contribution is -1.98. The van der Waals surface area contributed by atoms with Gasteiger partial charge in [-0.3, -0.25) is 0 Å². The second-order valence-electron chi connectivity index (χ2n) is 4.50. The third kappa shape index (κ3) is 2.40. The molecule has 1 aromatic heterocycles. The van der Waals surface area contributed by atoms with Crippen LogP contribution in [-0.2, 0) is 0 Å². The Morgan fingerprint density at radius 1 is 1.13 bits per heavy atom. The van der Waals surface area contributed by atoms with Gasteiger partial charge < -0.3 is 0 Å². The van der Waals surface area contributed by atoms with E-state index in [1.165, 1.54) is 28.2 Å². The molecule has 0 nitrogen and oxygen atoms in total. The third-order valence-corrected chi connectivity index (χ3v) is 4.06. The van der Waals surface area contributed by atoms with E-state index in [9.17, 15) is 0 Å². The van der Waals surface area contributed by atoms with Crippen LogP contribution in [0.2, 0.25) is 0 Å². The SMILES string of the molecule is Cc1ccc(C2=CC=C(C(C)C)CC2)s1. The number of hydrogen-bond acceptors (Lipinski definition) is 1. The van der Waals surface area contributed by atoms with Crippen molar-refractivity contribution in [1.29, 1.82) is 0 Å². The van der Waals surface area contributed by atoms with E-state index >= 15 is 0 Å². The average Bonchev–Trinajstić information content (AvgIpc) is 2.65. The smallest absolute Gasteiger partial charge is 0.0305 e. The van der Waals surface area contributed by atoms with Gasteiger partial charge in [0.15, 0.2) is 0 Å². The molecule has 0 radical (unpaired) electrons. The molecule has 0 saturated heterocycles. The molecule has 0 fully saturated rings. The summed E-state index contributed by atoms with van der Waals surface area (Å²) in [6, 6.07) is 4.46. The van der Waals surface area contributed by atoms with Gasteiger partial charge in [0.2, 0.25) is 0 Å². The highest BCUT2D eigenvalue weighted by Crippen LogP contribution is 2.32. The van der Waals surface area contributed by atoms with E-state index in [1.54, 1.807) is 5.57 Å². The van der Waals surface area contributed by atoms with Crippen LogP contribution in [0, 0.1) is 12.8 Å². The van der Waals surface area contributed by atoms with Crippen molar-refractivity contribution in [2.75, 3.05) is 0 Å². The van der Waals surface area contributed by atoms with Crippen molar-refractivity contribution in [3.63, 3.8) is 0 Å². The highest BCUT2D eigenvalue weighted by atomic mass is 32.1. The maximum Gasteiger partial charge on any atom is 0.0305 e. The quantitative estimate of drug-likeness (QED) is 0.668. The summed E-state index contributed by atoms with van der Waals surface area (Å²) in [5.41, 5.74) is 3.10. The minimum Gasteiger partial charge on any atom is -0.141 e. The predicted molar refractivity (Wildman–Crippen MR) is 69.2 cm³/mol. The zero-order chi connectivity index (χ0) is 10.8. The van der Waals surface area contributed by atoms with Crippen LogP contribution in [0.25, 0.3) is 5.57 Å². The van der Waals surface area contributed by atoms with Crippen LogP contribution in [0.15, 0.2) is 29.9 Å². The second-order valence-corrected chi connectivity index (χ2v) is 5.79. The summed E-state index contributed by atoms with van der Waals surface area (Å²) in [5, 5.41) is 0. The van der Waals surface area contributed by atoms with Crippen molar-refractivity contribution < 1.29 is 0 Å². The highest BCUT2D eigenvalue weighted by molar-refractivity contribution is 7.13. The molecule has 80 valence electrons. The molecule has 0 aromatic carbocycles. The maximum atomic E-state index is 2.32. The maximum absolute atomic E-state index is 2.32. The molecule has 1 aliphatic rings. The second kappa shape index (κ2) is 4.36. The standard InChI is InChI=1S/C14H18S/c1-10(2)12-5-7-13(8-6-12)14-9-4-11(3)15-14/h4-5,7,9-10H,6,8H2,1-3H3. The number of allylic oxidation sites excluding steroid dienone is 4. The summed E-state index contributed by atoms with van der Waals surface area (Å²) in [6.45, 7) is 6.73. The van der Waals surface area contributed by atoms with Gasteiger partial charge in [0.1, 0.15) is 0 Å². The lowest BCUT2D eigenvalue weighted by Gasteiger charge is -2.16. The molecule has 0 saturated carbocycles. The molecular formula is C14H18S. The van der Waals surface area contributed by atoms with Gasteiger partial charge in [0.25, 0.3) is 0 Å². The summed E-state index contributed by atoms with van der Waals surface area (Å²) in [7, 11) is 0. The van der Waals surface area contributed by atoms with E-state index < -0.39 is 0 Å². The first-order valence-electron chi connectivity index (χ1n) is 5.63. The van der Waals surface area contributed by atoms with Gasteiger partial charge in [-0.05, 0) is 43.4 Å². The van der Waals surface area contributed by atoms with Gasteiger partial charge in [-0.2, -0.15) is 0 Å². The Morgan fingerprint density at radius 3 is 2.40 bits per heavy atom. The third-order valence-electron chi connectivity index (χ3n) is 2.98. The van der Waals surface area contributed by atoms with Gasteiger partial charge >= 0.3 is 0 Å². The van der Waals surface area contributed by atoms with E-state index in [4.69, 9.17) is 0 Å². The Kier molecular flexibility index (Phi) is 3.11. The van der Waals surface area contributed by atoms with Gasteiger partial charge in [0, 0.05) is 9.75 Å². The molecule has 1 heteroatoms. The molecule has 0 atom stereocenters. The van der Waals surface area contributed by atoms with E-state index in [2.05, 4.69) is 45.1 Å². The molecule has 1 aromatic rings. The van der Waals surface area contributed by atoms with Crippen molar-refractivity contribution >= 4 is 16.9 Å². The van der Waals surface area contributed by atoms with Crippen LogP contribution in [0.5, 0.6) is 0 Å². The molecule has 0 bridgehead atoms. The monoisotopic (exact) mass is 218 g/mol. The van der Waals surface area contributed by atoms with Crippen molar-refractivity contribution in [1.82, 2.24) is 0 Å². The number of thiophene rings is 1. The van der Waals surface area contributed by atoms with Crippen molar-refractivity contribution in [2.24, 2.45) is 5.92 Å². The molecule has 1 heterocycles. The van der Waals surface area contributed by atoms with Crippen molar-refractivity contribution in [3.8, 4) is 0 Å². The molecule has 0 spiro atoms. The van der Waals surface area contributed by atoms with E-state index in [0.717, 1.165) is 0 Å². The Morgan fingerprint density at radius 2 is 1.93 bits per heavy atom. The predicted octanol–water partition coefficient (Wildman–Crippen LogP) is 4.82. The lowest BCUT2D eigenvalue weighted by atomic mass is 9.91. The zero-order valence-electron chi connectivity index (χ0n) is 9.71. The number of aryl methyl sites for hydroxylation is 1. The van der Waals surface area contributed by atoms with E-state index in [1.807, 2.05) is 11.3 Å². The Balaban J connectivity index is 2.20. The van der Waals surface area contributed by atoms with E-state index in [-0.39, 0.29) is 0 Å². The fraction of sp³-hybridized carbons (Fsp3) is 0.429. The van der Waals surface area contributed by atoms with Crippen LogP contribution in [-0.4, -0.2) is 0 Å². The minimum absolute atomic E-state index is 0.702. The van der Waals surface area contributed by atoms with Crippen LogP contribution in [0.3, 0.4) is 0 Å².